The Hall–Kier alpha value is -1.68. The summed E-state index contributed by atoms with van der Waals surface area (Å²) in [5, 5.41) is 13.6. The average Bonchev–Trinajstić information content (AvgIpc) is 3.33. The SMILES string of the molecule is CCN1CCCC1CNC(=NC)NCc1cccc(-c2ncn[nH]2)c1.I. The summed E-state index contributed by atoms with van der Waals surface area (Å²) in [6.07, 6.45) is 4.08. The fourth-order valence-electron chi connectivity index (χ4n) is 3.34. The first-order valence-electron chi connectivity index (χ1n) is 8.93. The minimum Gasteiger partial charge on any atom is -0.355 e. The van der Waals surface area contributed by atoms with E-state index in [1.54, 1.807) is 0 Å². The van der Waals surface area contributed by atoms with E-state index in [-0.39, 0.29) is 24.0 Å². The monoisotopic (exact) mass is 469 g/mol. The second kappa shape index (κ2) is 10.5. The Morgan fingerprint density at radius 3 is 3.00 bits per heavy atom. The minimum absolute atomic E-state index is 0. The van der Waals surface area contributed by atoms with E-state index >= 15 is 0 Å². The number of hydrogen-bond donors (Lipinski definition) is 3. The number of aromatic amines is 1. The molecule has 3 N–H and O–H groups in total. The van der Waals surface area contributed by atoms with Crippen LogP contribution in [0.5, 0.6) is 0 Å². The Labute approximate surface area is 172 Å². The van der Waals surface area contributed by atoms with Crippen LogP contribution in [0.1, 0.15) is 25.3 Å². The van der Waals surface area contributed by atoms with Crippen LogP contribution in [0.4, 0.5) is 0 Å². The molecule has 0 bridgehead atoms. The molecule has 8 heteroatoms. The van der Waals surface area contributed by atoms with Crippen LogP contribution in [-0.2, 0) is 6.54 Å². The lowest BCUT2D eigenvalue weighted by Crippen LogP contribution is -2.44. The van der Waals surface area contributed by atoms with Crippen molar-refractivity contribution in [3.05, 3.63) is 36.2 Å². The highest BCUT2D eigenvalue weighted by Crippen LogP contribution is 2.16. The van der Waals surface area contributed by atoms with E-state index in [1.807, 2.05) is 19.2 Å². The Morgan fingerprint density at radius 1 is 1.38 bits per heavy atom. The van der Waals surface area contributed by atoms with Crippen LogP contribution in [0.2, 0.25) is 0 Å². The molecule has 1 aliphatic heterocycles. The summed E-state index contributed by atoms with van der Waals surface area (Å²) in [5.41, 5.74) is 2.21. The summed E-state index contributed by atoms with van der Waals surface area (Å²) in [4.78, 5) is 11.1. The maximum atomic E-state index is 4.33. The van der Waals surface area contributed by atoms with Crippen molar-refractivity contribution in [2.24, 2.45) is 4.99 Å². The zero-order chi connectivity index (χ0) is 17.5. The maximum Gasteiger partial charge on any atom is 0.191 e. The molecule has 0 spiro atoms. The van der Waals surface area contributed by atoms with Crippen LogP contribution in [-0.4, -0.2) is 58.8 Å². The lowest BCUT2D eigenvalue weighted by Gasteiger charge is -2.24. The predicted molar refractivity (Wildman–Crippen MR) is 116 cm³/mol. The third-order valence-electron chi connectivity index (χ3n) is 4.71. The van der Waals surface area contributed by atoms with Gasteiger partial charge < -0.3 is 10.6 Å². The predicted octanol–water partition coefficient (Wildman–Crippen LogP) is 2.24. The van der Waals surface area contributed by atoms with Crippen molar-refractivity contribution in [2.75, 3.05) is 26.7 Å². The topological polar surface area (TPSA) is 81.2 Å². The highest BCUT2D eigenvalue weighted by atomic mass is 127. The van der Waals surface area contributed by atoms with Gasteiger partial charge in [0.15, 0.2) is 11.8 Å². The molecule has 0 aliphatic carbocycles. The third-order valence-corrected chi connectivity index (χ3v) is 4.71. The quantitative estimate of drug-likeness (QED) is 0.344. The van der Waals surface area contributed by atoms with Gasteiger partial charge in [0.05, 0.1) is 0 Å². The molecule has 1 saturated heterocycles. The summed E-state index contributed by atoms with van der Waals surface area (Å²) in [6.45, 7) is 6.21. The van der Waals surface area contributed by atoms with Gasteiger partial charge in [0.2, 0.25) is 0 Å². The van der Waals surface area contributed by atoms with Gasteiger partial charge in [0, 0.05) is 31.7 Å². The van der Waals surface area contributed by atoms with Crippen molar-refractivity contribution in [3.63, 3.8) is 0 Å². The lowest BCUT2D eigenvalue weighted by atomic mass is 10.1. The van der Waals surface area contributed by atoms with E-state index in [9.17, 15) is 0 Å². The number of H-pyrrole nitrogens is 1. The van der Waals surface area contributed by atoms with Gasteiger partial charge in [-0.2, -0.15) is 5.10 Å². The second-order valence-electron chi connectivity index (χ2n) is 6.27. The number of halogens is 1. The first-order chi connectivity index (χ1) is 12.3. The van der Waals surface area contributed by atoms with Crippen LogP contribution in [0.3, 0.4) is 0 Å². The number of hydrogen-bond acceptors (Lipinski definition) is 4. The van der Waals surface area contributed by atoms with Crippen molar-refractivity contribution in [3.8, 4) is 11.4 Å². The Morgan fingerprint density at radius 2 is 2.27 bits per heavy atom. The zero-order valence-corrected chi connectivity index (χ0v) is 17.7. The standard InChI is InChI=1S/C18H27N7.HI/c1-3-25-9-5-8-16(25)12-21-18(19-2)20-11-14-6-4-7-15(10-14)17-22-13-23-24-17;/h4,6-7,10,13,16H,3,5,8-9,11-12H2,1-2H3,(H2,19,20,21)(H,22,23,24);1H. The molecule has 7 nitrogen and oxygen atoms in total. The van der Waals surface area contributed by atoms with Crippen molar-refractivity contribution < 1.29 is 0 Å². The van der Waals surface area contributed by atoms with Gasteiger partial charge in [-0.3, -0.25) is 15.0 Å². The molecule has 3 rings (SSSR count). The molecule has 142 valence electrons. The third kappa shape index (κ3) is 5.41. The average molecular weight is 469 g/mol. The van der Waals surface area contributed by atoms with E-state index in [1.165, 1.54) is 31.3 Å². The van der Waals surface area contributed by atoms with Crippen molar-refractivity contribution in [1.82, 2.24) is 30.7 Å². The fraction of sp³-hybridized carbons (Fsp3) is 0.500. The number of benzene rings is 1. The largest absolute Gasteiger partial charge is 0.355 e. The second-order valence-corrected chi connectivity index (χ2v) is 6.27. The zero-order valence-electron chi connectivity index (χ0n) is 15.4. The molecule has 26 heavy (non-hydrogen) atoms. The highest BCUT2D eigenvalue weighted by molar-refractivity contribution is 14.0. The normalized spacial score (nSPS) is 17.8. The number of likely N-dealkylation sites (N-methyl/N-ethyl adjacent to an activating group) is 1. The van der Waals surface area contributed by atoms with E-state index in [0.717, 1.165) is 30.4 Å². The number of nitrogens with zero attached hydrogens (tertiary/aromatic N) is 4. The van der Waals surface area contributed by atoms with E-state index in [2.05, 4.69) is 54.8 Å². The lowest BCUT2D eigenvalue weighted by molar-refractivity contribution is 0.267. The molecule has 1 aromatic carbocycles. The molecule has 2 aromatic rings. The van der Waals surface area contributed by atoms with Gasteiger partial charge in [-0.05, 0) is 37.6 Å². The number of aliphatic imine (C=N–C) groups is 1. The maximum absolute atomic E-state index is 4.33. The number of guanidine groups is 1. The molecule has 1 unspecified atom stereocenters. The van der Waals surface area contributed by atoms with Gasteiger partial charge in [0.25, 0.3) is 0 Å². The highest BCUT2D eigenvalue weighted by Gasteiger charge is 2.22. The van der Waals surface area contributed by atoms with Gasteiger partial charge in [-0.25, -0.2) is 4.98 Å². The number of nitrogens with one attached hydrogen (secondary N) is 3. The molecule has 1 fully saturated rings. The van der Waals surface area contributed by atoms with Crippen LogP contribution in [0.15, 0.2) is 35.6 Å². The molecular formula is C18H28IN7. The van der Waals surface area contributed by atoms with Gasteiger partial charge >= 0.3 is 0 Å². The molecule has 2 heterocycles. The Kier molecular flexibility index (Phi) is 8.30. The molecule has 1 aromatic heterocycles. The fourth-order valence-corrected chi connectivity index (χ4v) is 3.34. The summed E-state index contributed by atoms with van der Waals surface area (Å²) in [6, 6.07) is 8.87. The van der Waals surface area contributed by atoms with Gasteiger partial charge in [-0.15, -0.1) is 24.0 Å². The van der Waals surface area contributed by atoms with Gasteiger partial charge in [0.1, 0.15) is 6.33 Å². The molecule has 0 amide bonds. The smallest absolute Gasteiger partial charge is 0.191 e. The number of likely N-dealkylation sites (tertiary alicyclic amines) is 1. The van der Waals surface area contributed by atoms with Gasteiger partial charge in [-0.1, -0.05) is 25.1 Å². The van der Waals surface area contributed by atoms with E-state index < -0.39 is 0 Å². The summed E-state index contributed by atoms with van der Waals surface area (Å²) < 4.78 is 0. The van der Waals surface area contributed by atoms with E-state index in [4.69, 9.17) is 0 Å². The van der Waals surface area contributed by atoms with E-state index in [0.29, 0.717) is 12.6 Å². The van der Waals surface area contributed by atoms with Crippen LogP contribution in [0, 0.1) is 0 Å². The van der Waals surface area contributed by atoms with Crippen molar-refractivity contribution in [1.29, 1.82) is 0 Å². The Balaban J connectivity index is 0.00000243. The minimum atomic E-state index is 0. The molecule has 1 atom stereocenters. The first-order valence-corrected chi connectivity index (χ1v) is 8.93. The van der Waals surface area contributed by atoms with Crippen molar-refractivity contribution >= 4 is 29.9 Å². The van der Waals surface area contributed by atoms with Crippen LogP contribution in [0.25, 0.3) is 11.4 Å². The first kappa shape index (κ1) is 20.6. The summed E-state index contributed by atoms with van der Waals surface area (Å²) >= 11 is 0. The number of rotatable bonds is 6. The molecule has 0 radical (unpaired) electrons. The summed E-state index contributed by atoms with van der Waals surface area (Å²) in [5.74, 6) is 1.62. The number of aromatic nitrogens is 3. The Bertz CT molecular complexity index is 687. The van der Waals surface area contributed by atoms with Crippen LogP contribution < -0.4 is 10.6 Å². The summed E-state index contributed by atoms with van der Waals surface area (Å²) in [7, 11) is 1.81. The molecule has 0 saturated carbocycles. The molecule has 1 aliphatic rings. The molecular weight excluding hydrogens is 441 g/mol. The van der Waals surface area contributed by atoms with Crippen LogP contribution >= 0.6 is 24.0 Å². The van der Waals surface area contributed by atoms with Crippen molar-refractivity contribution in [2.45, 2.75) is 32.4 Å².